The Bertz CT molecular complexity index is 390. The summed E-state index contributed by atoms with van der Waals surface area (Å²) in [5, 5.41) is 0.0410. The van der Waals surface area contributed by atoms with Crippen LogP contribution in [0.5, 0.6) is 5.75 Å². The van der Waals surface area contributed by atoms with E-state index in [2.05, 4.69) is 0 Å². The van der Waals surface area contributed by atoms with Gasteiger partial charge in [0.25, 0.3) is 0 Å². The summed E-state index contributed by atoms with van der Waals surface area (Å²) in [6.45, 7) is 0. The summed E-state index contributed by atoms with van der Waals surface area (Å²) in [7, 11) is 1.49. The molecule has 1 aliphatic carbocycles. The van der Waals surface area contributed by atoms with Crippen LogP contribution in [-0.2, 0) is 6.42 Å². The van der Waals surface area contributed by atoms with Gasteiger partial charge in [-0.1, -0.05) is 17.7 Å². The molecule has 0 aromatic heterocycles. The van der Waals surface area contributed by atoms with Crippen molar-refractivity contribution in [2.75, 3.05) is 7.11 Å². The molecule has 0 atom stereocenters. The maximum Gasteiger partial charge on any atom is 0.145 e. The molecule has 2 rings (SSSR count). The van der Waals surface area contributed by atoms with Gasteiger partial charge in [0.2, 0.25) is 0 Å². The number of rotatable bonds is 3. The predicted molar refractivity (Wildman–Crippen MR) is 57.8 cm³/mol. The molecule has 0 aliphatic heterocycles. The maximum atomic E-state index is 13.2. The Kier molecular flexibility index (Phi) is 2.61. The van der Waals surface area contributed by atoms with Gasteiger partial charge in [0.1, 0.15) is 16.6 Å². The Balaban J connectivity index is 2.34. The van der Waals surface area contributed by atoms with Gasteiger partial charge in [0, 0.05) is 5.54 Å². The molecular weight excluding hydrogens is 217 g/mol. The lowest BCUT2D eigenvalue weighted by atomic mass is 10.0. The highest BCUT2D eigenvalue weighted by atomic mass is 35.5. The van der Waals surface area contributed by atoms with Crippen molar-refractivity contribution < 1.29 is 9.13 Å². The largest absolute Gasteiger partial charge is 0.495 e. The highest BCUT2D eigenvalue weighted by Crippen LogP contribution is 2.40. The highest BCUT2D eigenvalue weighted by molar-refractivity contribution is 6.32. The minimum Gasteiger partial charge on any atom is -0.495 e. The Hall–Kier alpha value is -0.800. The monoisotopic (exact) mass is 229 g/mol. The van der Waals surface area contributed by atoms with Gasteiger partial charge in [-0.15, -0.1) is 0 Å². The smallest absolute Gasteiger partial charge is 0.145 e. The van der Waals surface area contributed by atoms with Gasteiger partial charge in [-0.3, -0.25) is 0 Å². The molecule has 1 saturated carbocycles. The van der Waals surface area contributed by atoms with E-state index >= 15 is 0 Å². The SMILES string of the molecule is COc1c(CC2(N)CC2)ccc(F)c1Cl. The van der Waals surface area contributed by atoms with Gasteiger partial charge in [0.05, 0.1) is 7.11 Å². The van der Waals surface area contributed by atoms with Crippen LogP contribution in [0.2, 0.25) is 5.02 Å². The van der Waals surface area contributed by atoms with E-state index < -0.39 is 5.82 Å². The zero-order valence-corrected chi connectivity index (χ0v) is 9.27. The van der Waals surface area contributed by atoms with Gasteiger partial charge >= 0.3 is 0 Å². The van der Waals surface area contributed by atoms with Crippen LogP contribution >= 0.6 is 11.6 Å². The van der Waals surface area contributed by atoms with Crippen molar-refractivity contribution in [3.05, 3.63) is 28.5 Å². The molecule has 2 N–H and O–H groups in total. The molecular formula is C11H13ClFNO. The van der Waals surface area contributed by atoms with Crippen molar-refractivity contribution in [1.82, 2.24) is 0 Å². The summed E-state index contributed by atoms with van der Waals surface area (Å²) in [6, 6.07) is 3.04. The molecule has 1 aromatic rings. The van der Waals surface area contributed by atoms with Crippen LogP contribution in [0.1, 0.15) is 18.4 Å². The number of methoxy groups -OCH3 is 1. The summed E-state index contributed by atoms with van der Waals surface area (Å²) < 4.78 is 18.3. The molecule has 2 nitrogen and oxygen atoms in total. The van der Waals surface area contributed by atoms with Crippen LogP contribution in [0.4, 0.5) is 4.39 Å². The molecule has 4 heteroatoms. The maximum absolute atomic E-state index is 13.2. The normalized spacial score (nSPS) is 17.6. The fourth-order valence-corrected chi connectivity index (χ4v) is 1.91. The molecule has 1 aliphatic rings. The summed E-state index contributed by atoms with van der Waals surface area (Å²) in [6.07, 6.45) is 2.70. The number of halogens is 2. The second kappa shape index (κ2) is 3.65. The predicted octanol–water partition coefficient (Wildman–Crippen LogP) is 2.52. The minimum atomic E-state index is -0.459. The molecule has 0 bridgehead atoms. The zero-order valence-electron chi connectivity index (χ0n) is 8.52. The third kappa shape index (κ3) is 2.08. The van der Waals surface area contributed by atoms with E-state index in [4.69, 9.17) is 22.1 Å². The van der Waals surface area contributed by atoms with Crippen molar-refractivity contribution >= 4 is 11.6 Å². The van der Waals surface area contributed by atoms with Crippen LogP contribution in [0, 0.1) is 5.82 Å². The van der Waals surface area contributed by atoms with Gasteiger partial charge in [-0.2, -0.15) is 0 Å². The van der Waals surface area contributed by atoms with Crippen molar-refractivity contribution in [2.24, 2.45) is 5.73 Å². The van der Waals surface area contributed by atoms with Crippen molar-refractivity contribution in [1.29, 1.82) is 0 Å². The first-order valence-electron chi connectivity index (χ1n) is 4.85. The van der Waals surface area contributed by atoms with Gasteiger partial charge < -0.3 is 10.5 Å². The Morgan fingerprint density at radius 2 is 2.20 bits per heavy atom. The first-order chi connectivity index (χ1) is 7.06. The van der Waals surface area contributed by atoms with E-state index in [1.807, 2.05) is 0 Å². The van der Waals surface area contributed by atoms with E-state index in [0.29, 0.717) is 12.2 Å². The summed E-state index contributed by atoms with van der Waals surface area (Å²) in [4.78, 5) is 0. The van der Waals surface area contributed by atoms with Crippen molar-refractivity contribution in [2.45, 2.75) is 24.8 Å². The lowest BCUT2D eigenvalue weighted by Crippen LogP contribution is -2.24. The van der Waals surface area contributed by atoms with Crippen LogP contribution in [0.15, 0.2) is 12.1 Å². The molecule has 15 heavy (non-hydrogen) atoms. The molecule has 1 fully saturated rings. The first-order valence-corrected chi connectivity index (χ1v) is 5.23. The zero-order chi connectivity index (χ0) is 11.1. The average Bonchev–Trinajstić information content (AvgIpc) is 2.91. The first kappa shape index (κ1) is 10.7. The molecule has 0 amide bonds. The molecule has 82 valence electrons. The minimum absolute atomic E-state index is 0.0410. The summed E-state index contributed by atoms with van der Waals surface area (Å²) >= 11 is 5.81. The molecule has 0 unspecified atom stereocenters. The third-order valence-corrected chi connectivity index (χ3v) is 3.12. The van der Waals surface area contributed by atoms with Crippen LogP contribution in [0.25, 0.3) is 0 Å². The van der Waals surface area contributed by atoms with Gasteiger partial charge in [0.15, 0.2) is 0 Å². The molecule has 0 spiro atoms. The average molecular weight is 230 g/mol. The lowest BCUT2D eigenvalue weighted by molar-refractivity contribution is 0.404. The molecule has 0 radical (unpaired) electrons. The quantitative estimate of drug-likeness (QED) is 0.865. The van der Waals surface area contributed by atoms with Crippen LogP contribution in [-0.4, -0.2) is 12.6 Å². The Morgan fingerprint density at radius 3 is 2.73 bits per heavy atom. The van der Waals surface area contributed by atoms with Crippen molar-refractivity contribution in [3.63, 3.8) is 0 Å². The van der Waals surface area contributed by atoms with E-state index in [-0.39, 0.29) is 10.6 Å². The number of nitrogens with two attached hydrogens (primary N) is 1. The number of hydrogen-bond acceptors (Lipinski definition) is 2. The number of ether oxygens (including phenoxy) is 1. The van der Waals surface area contributed by atoms with E-state index in [0.717, 1.165) is 18.4 Å². The Labute approximate surface area is 93.2 Å². The second-order valence-electron chi connectivity index (χ2n) is 4.09. The number of benzene rings is 1. The lowest BCUT2D eigenvalue weighted by Gasteiger charge is -2.14. The fraction of sp³-hybridized carbons (Fsp3) is 0.455. The van der Waals surface area contributed by atoms with Crippen LogP contribution in [0.3, 0.4) is 0 Å². The van der Waals surface area contributed by atoms with E-state index in [9.17, 15) is 4.39 Å². The summed E-state index contributed by atoms with van der Waals surface area (Å²) in [5.41, 5.74) is 6.75. The fourth-order valence-electron chi connectivity index (χ4n) is 1.65. The van der Waals surface area contributed by atoms with Crippen molar-refractivity contribution in [3.8, 4) is 5.75 Å². The summed E-state index contributed by atoms with van der Waals surface area (Å²) in [5.74, 6) is -0.0486. The standard InChI is InChI=1S/C11H13ClFNO/c1-15-10-7(6-11(14)4-5-11)2-3-8(13)9(10)12/h2-3H,4-6,14H2,1H3. The molecule has 0 heterocycles. The Morgan fingerprint density at radius 1 is 1.53 bits per heavy atom. The van der Waals surface area contributed by atoms with Gasteiger partial charge in [-0.25, -0.2) is 4.39 Å². The topological polar surface area (TPSA) is 35.2 Å². The van der Waals surface area contributed by atoms with E-state index in [1.165, 1.54) is 13.2 Å². The van der Waals surface area contributed by atoms with E-state index in [1.54, 1.807) is 6.07 Å². The third-order valence-electron chi connectivity index (χ3n) is 2.77. The van der Waals surface area contributed by atoms with Crippen LogP contribution < -0.4 is 10.5 Å². The number of hydrogen-bond donors (Lipinski definition) is 1. The highest BCUT2D eigenvalue weighted by Gasteiger charge is 2.39. The molecule has 1 aromatic carbocycles. The second-order valence-corrected chi connectivity index (χ2v) is 4.47. The molecule has 0 saturated heterocycles. The van der Waals surface area contributed by atoms with Gasteiger partial charge in [-0.05, 0) is 30.9 Å².